The lowest BCUT2D eigenvalue weighted by molar-refractivity contribution is -0.226. The maximum Gasteiger partial charge on any atom is 0.255 e. The van der Waals surface area contributed by atoms with Gasteiger partial charge in [-0.2, -0.15) is 0 Å². The Morgan fingerprint density at radius 3 is 2.32 bits per heavy atom. The number of halogens is 1. The number of carbonyl (C=O) groups is 1. The fourth-order valence-electron chi connectivity index (χ4n) is 2.35. The van der Waals surface area contributed by atoms with Crippen molar-refractivity contribution in [1.82, 2.24) is 4.90 Å². The van der Waals surface area contributed by atoms with Gasteiger partial charge in [-0.3, -0.25) is 4.79 Å². The molecule has 2 rings (SSSR count). The van der Waals surface area contributed by atoms with Crippen LogP contribution in [0.2, 0.25) is 5.02 Å². The van der Waals surface area contributed by atoms with Gasteiger partial charge in [-0.25, -0.2) is 0 Å². The monoisotopic (exact) mass is 283 g/mol. The molecule has 0 bridgehead atoms. The lowest BCUT2D eigenvalue weighted by Crippen LogP contribution is -2.48. The molecule has 0 saturated carbocycles. The summed E-state index contributed by atoms with van der Waals surface area (Å²) in [5.74, 6) is -0.594. The van der Waals surface area contributed by atoms with Crippen LogP contribution >= 0.6 is 11.6 Å². The van der Waals surface area contributed by atoms with Crippen LogP contribution in [0.3, 0.4) is 0 Å². The van der Waals surface area contributed by atoms with Crippen LogP contribution in [0, 0.1) is 0 Å². The fourth-order valence-corrected chi connectivity index (χ4v) is 2.56. The topological polar surface area (TPSA) is 38.8 Å². The number of hydrogen-bond acceptors (Lipinski definition) is 3. The number of ether oxygens (including phenoxy) is 2. The van der Waals surface area contributed by atoms with Crippen LogP contribution < -0.4 is 0 Å². The van der Waals surface area contributed by atoms with E-state index >= 15 is 0 Å². The predicted molar refractivity (Wildman–Crippen MR) is 73.3 cm³/mol. The quantitative estimate of drug-likeness (QED) is 0.800. The van der Waals surface area contributed by atoms with Crippen LogP contribution in [0.5, 0.6) is 0 Å². The molecule has 1 amide bonds. The highest BCUT2D eigenvalue weighted by molar-refractivity contribution is 6.33. The molecule has 0 N–H and O–H groups in total. The van der Waals surface area contributed by atoms with Crippen LogP contribution in [0.1, 0.15) is 23.2 Å². The van der Waals surface area contributed by atoms with Crippen molar-refractivity contribution in [2.45, 2.75) is 18.6 Å². The van der Waals surface area contributed by atoms with Crippen molar-refractivity contribution >= 4 is 17.5 Å². The summed E-state index contributed by atoms with van der Waals surface area (Å²) in [5, 5.41) is 0.489. The van der Waals surface area contributed by atoms with Gasteiger partial charge in [-0.1, -0.05) is 23.7 Å². The van der Waals surface area contributed by atoms with Crippen molar-refractivity contribution in [1.29, 1.82) is 0 Å². The highest BCUT2D eigenvalue weighted by Gasteiger charge is 2.36. The minimum absolute atomic E-state index is 0.0357. The molecule has 4 nitrogen and oxygen atoms in total. The SMILES string of the molecule is COC1(OC)CCN(C(=O)c2ccccc2Cl)CC1. The number of nitrogens with zero attached hydrogens (tertiary/aromatic N) is 1. The molecular formula is C14H18ClNO3. The number of piperidine rings is 1. The van der Waals surface area contributed by atoms with Crippen LogP contribution in [-0.2, 0) is 9.47 Å². The second kappa shape index (κ2) is 5.90. The summed E-state index contributed by atoms with van der Waals surface area (Å²) < 4.78 is 10.8. The minimum atomic E-state index is -0.558. The van der Waals surface area contributed by atoms with Gasteiger partial charge >= 0.3 is 0 Å². The molecule has 1 saturated heterocycles. The van der Waals surface area contributed by atoms with Crippen molar-refractivity contribution in [3.63, 3.8) is 0 Å². The smallest absolute Gasteiger partial charge is 0.255 e. The fraction of sp³-hybridized carbons (Fsp3) is 0.500. The van der Waals surface area contributed by atoms with Crippen molar-refractivity contribution in [3.8, 4) is 0 Å². The first-order valence-corrected chi connectivity index (χ1v) is 6.64. The molecule has 104 valence electrons. The molecule has 0 unspecified atom stereocenters. The Balaban J connectivity index is 2.06. The van der Waals surface area contributed by atoms with E-state index in [-0.39, 0.29) is 5.91 Å². The molecule has 0 radical (unpaired) electrons. The summed E-state index contributed by atoms with van der Waals surface area (Å²) in [6.45, 7) is 1.21. The van der Waals surface area contributed by atoms with Crippen molar-refractivity contribution in [3.05, 3.63) is 34.9 Å². The van der Waals surface area contributed by atoms with E-state index in [0.29, 0.717) is 36.5 Å². The van der Waals surface area contributed by atoms with Gasteiger partial charge in [-0.15, -0.1) is 0 Å². The lowest BCUT2D eigenvalue weighted by atomic mass is 10.0. The minimum Gasteiger partial charge on any atom is -0.353 e. The largest absolute Gasteiger partial charge is 0.353 e. The number of rotatable bonds is 3. The molecular weight excluding hydrogens is 266 g/mol. The Bertz CT molecular complexity index is 450. The van der Waals surface area contributed by atoms with E-state index in [1.54, 1.807) is 31.3 Å². The van der Waals surface area contributed by atoms with Gasteiger partial charge in [0.1, 0.15) is 0 Å². The van der Waals surface area contributed by atoms with Crippen LogP contribution in [0.15, 0.2) is 24.3 Å². The van der Waals surface area contributed by atoms with Gasteiger partial charge in [0.2, 0.25) is 0 Å². The Kier molecular flexibility index (Phi) is 4.45. The molecule has 19 heavy (non-hydrogen) atoms. The third-order valence-corrected chi connectivity index (χ3v) is 3.99. The number of amides is 1. The zero-order valence-corrected chi connectivity index (χ0v) is 11.9. The Hall–Kier alpha value is -1.10. The summed E-state index contributed by atoms with van der Waals surface area (Å²) in [6.07, 6.45) is 1.33. The van der Waals surface area contributed by atoms with Gasteiger partial charge in [-0.05, 0) is 12.1 Å². The summed E-state index contributed by atoms with van der Waals surface area (Å²) in [7, 11) is 3.27. The molecule has 0 atom stereocenters. The third-order valence-electron chi connectivity index (χ3n) is 3.66. The molecule has 0 spiro atoms. The highest BCUT2D eigenvalue weighted by Crippen LogP contribution is 2.28. The number of likely N-dealkylation sites (tertiary alicyclic amines) is 1. The first-order valence-electron chi connectivity index (χ1n) is 6.26. The van der Waals surface area contributed by atoms with Gasteiger partial charge in [0.25, 0.3) is 5.91 Å². The first kappa shape index (κ1) is 14.3. The van der Waals surface area contributed by atoms with Crippen molar-refractivity contribution < 1.29 is 14.3 Å². The molecule has 1 aromatic rings. The van der Waals surface area contributed by atoms with Gasteiger partial charge in [0.15, 0.2) is 5.79 Å². The summed E-state index contributed by atoms with van der Waals surface area (Å²) >= 11 is 6.05. The molecule has 1 aliphatic heterocycles. The average Bonchev–Trinajstić information content (AvgIpc) is 2.47. The molecule has 1 aromatic carbocycles. The van der Waals surface area contributed by atoms with E-state index in [2.05, 4.69) is 0 Å². The second-order valence-electron chi connectivity index (χ2n) is 4.59. The van der Waals surface area contributed by atoms with Crippen LogP contribution in [0.25, 0.3) is 0 Å². The number of benzene rings is 1. The summed E-state index contributed by atoms with van der Waals surface area (Å²) in [4.78, 5) is 14.2. The maximum atomic E-state index is 12.4. The zero-order valence-electron chi connectivity index (χ0n) is 11.2. The Morgan fingerprint density at radius 1 is 1.21 bits per heavy atom. The Morgan fingerprint density at radius 2 is 1.79 bits per heavy atom. The van der Waals surface area contributed by atoms with Gasteiger partial charge in [0.05, 0.1) is 10.6 Å². The van der Waals surface area contributed by atoms with E-state index in [1.165, 1.54) is 0 Å². The number of hydrogen-bond donors (Lipinski definition) is 0. The normalized spacial score (nSPS) is 18.4. The van der Waals surface area contributed by atoms with E-state index < -0.39 is 5.79 Å². The Labute approximate surface area is 118 Å². The van der Waals surface area contributed by atoms with E-state index in [4.69, 9.17) is 21.1 Å². The predicted octanol–water partition coefficient (Wildman–Crippen LogP) is 2.57. The molecule has 5 heteroatoms. The van der Waals surface area contributed by atoms with Gasteiger partial charge < -0.3 is 14.4 Å². The van der Waals surface area contributed by atoms with E-state index in [1.807, 2.05) is 12.1 Å². The molecule has 1 heterocycles. The van der Waals surface area contributed by atoms with E-state index in [0.717, 1.165) is 0 Å². The maximum absolute atomic E-state index is 12.4. The number of methoxy groups -OCH3 is 2. The summed E-state index contributed by atoms with van der Waals surface area (Å²) in [6, 6.07) is 7.11. The highest BCUT2D eigenvalue weighted by atomic mass is 35.5. The van der Waals surface area contributed by atoms with Crippen molar-refractivity contribution in [2.24, 2.45) is 0 Å². The van der Waals surface area contributed by atoms with Crippen LogP contribution in [0.4, 0.5) is 0 Å². The number of carbonyl (C=O) groups excluding carboxylic acids is 1. The standard InChI is InChI=1S/C14H18ClNO3/c1-18-14(19-2)7-9-16(10-8-14)13(17)11-5-3-4-6-12(11)15/h3-6H,7-10H2,1-2H3. The summed E-state index contributed by atoms with van der Waals surface area (Å²) in [5.41, 5.74) is 0.548. The van der Waals surface area contributed by atoms with Crippen LogP contribution in [-0.4, -0.2) is 43.9 Å². The molecule has 0 aliphatic carbocycles. The first-order chi connectivity index (χ1) is 9.12. The second-order valence-corrected chi connectivity index (χ2v) is 5.00. The molecule has 0 aromatic heterocycles. The van der Waals surface area contributed by atoms with E-state index in [9.17, 15) is 4.79 Å². The average molecular weight is 284 g/mol. The molecule has 1 aliphatic rings. The van der Waals surface area contributed by atoms with Gasteiger partial charge in [0, 0.05) is 40.2 Å². The van der Waals surface area contributed by atoms with Crippen molar-refractivity contribution in [2.75, 3.05) is 27.3 Å². The third kappa shape index (κ3) is 2.91. The zero-order chi connectivity index (χ0) is 13.9. The lowest BCUT2D eigenvalue weighted by Gasteiger charge is -2.39. The molecule has 1 fully saturated rings.